The number of aromatic nitrogens is 1. The van der Waals surface area contributed by atoms with E-state index in [1.807, 2.05) is 30.3 Å². The Morgan fingerprint density at radius 1 is 1.07 bits per heavy atom. The number of amides is 1. The molecule has 1 aromatic heterocycles. The monoisotopic (exact) mass is 369 g/mol. The molecule has 2 aromatic rings. The van der Waals surface area contributed by atoms with E-state index in [1.165, 1.54) is 6.07 Å². The average molecular weight is 369 g/mol. The van der Waals surface area contributed by atoms with Crippen molar-refractivity contribution >= 4 is 12.1 Å². The summed E-state index contributed by atoms with van der Waals surface area (Å²) in [4.78, 5) is 28.6. The van der Waals surface area contributed by atoms with Crippen molar-refractivity contribution in [3.05, 3.63) is 59.8 Å². The van der Waals surface area contributed by atoms with Crippen molar-refractivity contribution in [3.63, 3.8) is 0 Å². The molecule has 0 atom stereocenters. The van der Waals surface area contributed by atoms with Crippen molar-refractivity contribution in [1.82, 2.24) is 9.88 Å². The number of pyridine rings is 1. The zero-order valence-corrected chi connectivity index (χ0v) is 14.9. The predicted octanol–water partition coefficient (Wildman–Crippen LogP) is 1.87. The highest BCUT2D eigenvalue weighted by Crippen LogP contribution is 2.19. The Morgan fingerprint density at radius 2 is 1.81 bits per heavy atom. The minimum Gasteiger partial charge on any atom is -0.543 e. The van der Waals surface area contributed by atoms with Crippen molar-refractivity contribution in [1.29, 1.82) is 0 Å². The number of carboxylic acid groups (broad SMARTS) is 1. The molecule has 0 radical (unpaired) electrons. The Morgan fingerprint density at radius 3 is 2.52 bits per heavy atom. The minimum absolute atomic E-state index is 0.150. The molecule has 0 bridgehead atoms. The lowest BCUT2D eigenvalue weighted by molar-refractivity contribution is -0.255. The number of hydrogen-bond acceptors (Lipinski definition) is 6. The number of hydrogen-bond donors (Lipinski definition) is 0. The van der Waals surface area contributed by atoms with Crippen LogP contribution in [0.25, 0.3) is 0 Å². The number of aromatic carboxylic acids is 1. The molecule has 1 aliphatic rings. The molecule has 1 aromatic carbocycles. The third-order valence-electron chi connectivity index (χ3n) is 4.48. The molecule has 7 heteroatoms. The predicted molar refractivity (Wildman–Crippen MR) is 95.0 cm³/mol. The van der Waals surface area contributed by atoms with Crippen molar-refractivity contribution in [2.75, 3.05) is 19.7 Å². The Kier molecular flexibility index (Phi) is 6.25. The maximum atomic E-state index is 12.2. The summed E-state index contributed by atoms with van der Waals surface area (Å²) in [6, 6.07) is 14.1. The van der Waals surface area contributed by atoms with Crippen LogP contribution in [0.4, 0.5) is 4.79 Å². The highest BCUT2D eigenvalue weighted by Gasteiger charge is 2.24. The van der Waals surface area contributed by atoms with Crippen LogP contribution >= 0.6 is 0 Å². The van der Waals surface area contributed by atoms with E-state index in [0.717, 1.165) is 18.4 Å². The number of carbonyl (C=O) groups is 2. The van der Waals surface area contributed by atoms with Crippen molar-refractivity contribution in [2.45, 2.75) is 19.4 Å². The average Bonchev–Trinajstić information content (AvgIpc) is 2.72. The lowest BCUT2D eigenvalue weighted by Gasteiger charge is -2.31. The van der Waals surface area contributed by atoms with Gasteiger partial charge in [-0.3, -0.25) is 0 Å². The lowest BCUT2D eigenvalue weighted by atomic mass is 9.98. The molecule has 27 heavy (non-hydrogen) atoms. The maximum Gasteiger partial charge on any atom is 0.410 e. The van der Waals surface area contributed by atoms with Gasteiger partial charge in [-0.1, -0.05) is 36.4 Å². The number of likely N-dealkylation sites (tertiary alicyclic amines) is 1. The Labute approximate surface area is 157 Å². The number of carboxylic acids is 1. The van der Waals surface area contributed by atoms with Crippen LogP contribution in [0, 0.1) is 5.92 Å². The summed E-state index contributed by atoms with van der Waals surface area (Å²) in [7, 11) is 0. The van der Waals surface area contributed by atoms with Crippen LogP contribution in [0.15, 0.2) is 48.5 Å². The van der Waals surface area contributed by atoms with E-state index < -0.39 is 5.97 Å². The highest BCUT2D eigenvalue weighted by atomic mass is 16.6. The fourth-order valence-electron chi connectivity index (χ4n) is 2.90. The number of ether oxygens (including phenoxy) is 2. The zero-order valence-electron chi connectivity index (χ0n) is 14.9. The van der Waals surface area contributed by atoms with Crippen molar-refractivity contribution in [3.8, 4) is 5.88 Å². The van der Waals surface area contributed by atoms with E-state index in [-0.39, 0.29) is 30.2 Å². The van der Waals surface area contributed by atoms with Crippen LogP contribution in [0.1, 0.15) is 28.9 Å². The van der Waals surface area contributed by atoms with E-state index in [1.54, 1.807) is 17.0 Å². The summed E-state index contributed by atoms with van der Waals surface area (Å²) < 4.78 is 11.0. The number of nitrogens with zero attached hydrogens (tertiary/aromatic N) is 2. The van der Waals surface area contributed by atoms with Crippen molar-refractivity contribution < 1.29 is 24.2 Å². The second-order valence-corrected chi connectivity index (χ2v) is 6.43. The number of benzene rings is 1. The maximum absolute atomic E-state index is 12.2. The van der Waals surface area contributed by atoms with E-state index in [0.29, 0.717) is 19.7 Å². The normalized spacial score (nSPS) is 14.6. The third kappa shape index (κ3) is 5.44. The van der Waals surface area contributed by atoms with Gasteiger partial charge in [-0.25, -0.2) is 9.78 Å². The number of rotatable bonds is 6. The molecule has 0 unspecified atom stereocenters. The van der Waals surface area contributed by atoms with Gasteiger partial charge in [0.05, 0.1) is 18.3 Å². The van der Waals surface area contributed by atoms with Crippen LogP contribution in [0.2, 0.25) is 0 Å². The SMILES string of the molecule is O=C([O-])c1cccc(OCC2CCN(C(=O)OCc3ccccc3)CC2)n1. The van der Waals surface area contributed by atoms with Gasteiger partial charge in [0, 0.05) is 19.2 Å². The van der Waals surface area contributed by atoms with E-state index in [9.17, 15) is 14.7 Å². The van der Waals surface area contributed by atoms with Gasteiger partial charge in [0.25, 0.3) is 0 Å². The van der Waals surface area contributed by atoms with Crippen molar-refractivity contribution in [2.24, 2.45) is 5.92 Å². The molecular formula is C20H21N2O5-. The Bertz CT molecular complexity index is 773. The molecule has 1 aliphatic heterocycles. The Balaban J connectivity index is 1.40. The van der Waals surface area contributed by atoms with Crippen LogP contribution in [0.5, 0.6) is 5.88 Å². The fraction of sp³-hybridized carbons (Fsp3) is 0.350. The fourth-order valence-corrected chi connectivity index (χ4v) is 2.90. The summed E-state index contributed by atoms with van der Waals surface area (Å²) in [5, 5.41) is 10.8. The van der Waals surface area contributed by atoms with E-state index in [4.69, 9.17) is 9.47 Å². The first-order chi connectivity index (χ1) is 13.1. The first-order valence-electron chi connectivity index (χ1n) is 8.88. The van der Waals surface area contributed by atoms with Gasteiger partial charge in [0.1, 0.15) is 6.61 Å². The summed E-state index contributed by atoms with van der Waals surface area (Å²) in [5.41, 5.74) is 0.809. The summed E-state index contributed by atoms with van der Waals surface area (Å²) in [6.45, 7) is 1.90. The first kappa shape index (κ1) is 18.7. The lowest BCUT2D eigenvalue weighted by Crippen LogP contribution is -2.40. The van der Waals surface area contributed by atoms with Crippen LogP contribution in [-0.2, 0) is 11.3 Å². The molecule has 2 heterocycles. The molecule has 0 aliphatic carbocycles. The second kappa shape index (κ2) is 9.02. The topological polar surface area (TPSA) is 91.8 Å². The smallest absolute Gasteiger partial charge is 0.410 e. The zero-order chi connectivity index (χ0) is 19.1. The first-order valence-corrected chi connectivity index (χ1v) is 8.88. The molecule has 3 rings (SSSR count). The molecular weight excluding hydrogens is 348 g/mol. The van der Waals surface area contributed by atoms with E-state index >= 15 is 0 Å². The van der Waals surface area contributed by atoms with Crippen LogP contribution in [0.3, 0.4) is 0 Å². The summed E-state index contributed by atoms with van der Waals surface area (Å²) in [5.74, 6) is -0.791. The molecule has 1 amide bonds. The third-order valence-corrected chi connectivity index (χ3v) is 4.48. The molecule has 1 saturated heterocycles. The highest BCUT2D eigenvalue weighted by molar-refractivity contribution is 5.83. The van der Waals surface area contributed by atoms with Crippen LogP contribution < -0.4 is 9.84 Å². The molecule has 142 valence electrons. The molecule has 1 fully saturated rings. The molecule has 0 saturated carbocycles. The number of carbonyl (C=O) groups excluding carboxylic acids is 2. The van der Waals surface area contributed by atoms with Gasteiger partial charge in [-0.2, -0.15) is 0 Å². The number of piperidine rings is 1. The van der Waals surface area contributed by atoms with Crippen LogP contribution in [-0.4, -0.2) is 41.6 Å². The van der Waals surface area contributed by atoms with Gasteiger partial charge in [-0.05, 0) is 30.4 Å². The van der Waals surface area contributed by atoms with Gasteiger partial charge < -0.3 is 24.3 Å². The largest absolute Gasteiger partial charge is 0.543 e. The second-order valence-electron chi connectivity index (χ2n) is 6.43. The van der Waals surface area contributed by atoms with Gasteiger partial charge in [0.2, 0.25) is 5.88 Å². The Hall–Kier alpha value is -3.09. The van der Waals surface area contributed by atoms with E-state index in [2.05, 4.69) is 4.98 Å². The van der Waals surface area contributed by atoms with Gasteiger partial charge in [0.15, 0.2) is 0 Å². The summed E-state index contributed by atoms with van der Waals surface area (Å²) >= 11 is 0. The molecule has 7 nitrogen and oxygen atoms in total. The molecule has 0 spiro atoms. The standard InChI is InChI=1S/C20H22N2O5/c23-19(24)17-7-4-8-18(21-17)26-13-16-9-11-22(12-10-16)20(25)27-14-15-5-2-1-3-6-15/h1-8,16H,9-14H2,(H,23,24)/p-1. The summed E-state index contributed by atoms with van der Waals surface area (Å²) in [6.07, 6.45) is 1.28. The quantitative estimate of drug-likeness (QED) is 0.772. The van der Waals surface area contributed by atoms with Gasteiger partial charge >= 0.3 is 6.09 Å². The minimum atomic E-state index is -1.33. The van der Waals surface area contributed by atoms with Gasteiger partial charge in [-0.15, -0.1) is 0 Å². The molecule has 0 N–H and O–H groups in total.